The molecule has 10 heteroatoms. The summed E-state index contributed by atoms with van der Waals surface area (Å²) in [5.41, 5.74) is 1.17. The van der Waals surface area contributed by atoms with Gasteiger partial charge in [0, 0.05) is 23.5 Å². The number of imide groups is 1. The van der Waals surface area contributed by atoms with Crippen LogP contribution in [0.25, 0.3) is 11.3 Å². The van der Waals surface area contributed by atoms with E-state index in [1.807, 2.05) is 6.07 Å². The van der Waals surface area contributed by atoms with Crippen LogP contribution >= 0.6 is 0 Å². The van der Waals surface area contributed by atoms with Gasteiger partial charge in [-0.05, 0) is 24.3 Å². The normalized spacial score (nSPS) is 12.8. The van der Waals surface area contributed by atoms with Crippen LogP contribution in [0.1, 0.15) is 20.7 Å². The number of amides is 3. The zero-order valence-corrected chi connectivity index (χ0v) is 14.8. The van der Waals surface area contributed by atoms with Crippen molar-refractivity contribution in [3.63, 3.8) is 0 Å². The first-order chi connectivity index (χ1) is 14.0. The standard InChI is InChI=1S/C19H13N5O5/c25-16(21-12-4-1-3-11(9-12)14-7-8-20-22-14)10-23-18(26)13-5-2-6-15(24(28)29)17(13)19(23)27/h1-9H,10H2,(H,20,22)(H,21,25). The van der Waals surface area contributed by atoms with Crippen LogP contribution in [0.4, 0.5) is 11.4 Å². The van der Waals surface area contributed by atoms with Crippen molar-refractivity contribution >= 4 is 29.1 Å². The monoisotopic (exact) mass is 391 g/mol. The number of aromatic amines is 1. The number of hydrogen-bond donors (Lipinski definition) is 2. The van der Waals surface area contributed by atoms with Gasteiger partial charge in [0.25, 0.3) is 17.5 Å². The summed E-state index contributed by atoms with van der Waals surface area (Å²) in [6, 6.07) is 12.5. The van der Waals surface area contributed by atoms with Crippen LogP contribution in [0.3, 0.4) is 0 Å². The van der Waals surface area contributed by atoms with Crippen molar-refractivity contribution in [3.05, 3.63) is 76.0 Å². The van der Waals surface area contributed by atoms with Crippen LogP contribution < -0.4 is 5.32 Å². The lowest BCUT2D eigenvalue weighted by Crippen LogP contribution is -2.37. The van der Waals surface area contributed by atoms with E-state index in [4.69, 9.17) is 0 Å². The molecule has 29 heavy (non-hydrogen) atoms. The molecule has 1 aromatic heterocycles. The van der Waals surface area contributed by atoms with E-state index < -0.39 is 34.9 Å². The van der Waals surface area contributed by atoms with Gasteiger partial charge >= 0.3 is 0 Å². The molecule has 4 rings (SSSR count). The van der Waals surface area contributed by atoms with Crippen molar-refractivity contribution in [2.45, 2.75) is 0 Å². The van der Waals surface area contributed by atoms with Crippen molar-refractivity contribution in [2.24, 2.45) is 0 Å². The molecule has 3 aromatic rings. The molecule has 2 aromatic carbocycles. The van der Waals surface area contributed by atoms with E-state index in [1.165, 1.54) is 12.1 Å². The molecule has 3 amide bonds. The Balaban J connectivity index is 1.52. The van der Waals surface area contributed by atoms with E-state index >= 15 is 0 Å². The number of nitrogens with zero attached hydrogens (tertiary/aromatic N) is 3. The minimum atomic E-state index is -0.862. The van der Waals surface area contributed by atoms with Crippen molar-refractivity contribution in [3.8, 4) is 11.3 Å². The van der Waals surface area contributed by atoms with Crippen LogP contribution in [0.15, 0.2) is 54.7 Å². The molecule has 0 atom stereocenters. The lowest BCUT2D eigenvalue weighted by Gasteiger charge is -2.14. The Bertz CT molecular complexity index is 1160. The molecule has 0 spiro atoms. The zero-order valence-electron chi connectivity index (χ0n) is 14.8. The van der Waals surface area contributed by atoms with Crippen LogP contribution in [-0.2, 0) is 4.79 Å². The number of nitrogens with one attached hydrogen (secondary N) is 2. The summed E-state index contributed by atoms with van der Waals surface area (Å²) in [5, 5.41) is 20.5. The smallest absolute Gasteiger partial charge is 0.282 e. The van der Waals surface area contributed by atoms with E-state index in [9.17, 15) is 24.5 Å². The fourth-order valence-corrected chi connectivity index (χ4v) is 3.14. The van der Waals surface area contributed by atoms with Gasteiger partial charge in [0.05, 0.1) is 16.2 Å². The molecule has 0 unspecified atom stereocenters. The second-order valence-electron chi connectivity index (χ2n) is 6.25. The third kappa shape index (κ3) is 3.23. The number of anilines is 1. The van der Waals surface area contributed by atoms with Gasteiger partial charge in [0.1, 0.15) is 12.1 Å². The number of rotatable bonds is 5. The summed E-state index contributed by atoms with van der Waals surface area (Å²) in [6.07, 6.45) is 1.60. The fourth-order valence-electron chi connectivity index (χ4n) is 3.14. The molecule has 0 radical (unpaired) electrons. The van der Waals surface area contributed by atoms with Crippen LogP contribution in [0.2, 0.25) is 0 Å². The Hall–Kier alpha value is -4.34. The van der Waals surface area contributed by atoms with Crippen LogP contribution in [0.5, 0.6) is 0 Å². The second-order valence-corrected chi connectivity index (χ2v) is 6.25. The summed E-state index contributed by atoms with van der Waals surface area (Å²) < 4.78 is 0. The molecule has 0 fully saturated rings. The van der Waals surface area contributed by atoms with E-state index in [0.29, 0.717) is 10.6 Å². The Morgan fingerprint density at radius 2 is 1.93 bits per heavy atom. The van der Waals surface area contributed by atoms with Gasteiger partial charge in [-0.3, -0.25) is 34.5 Å². The number of nitro benzene ring substituents is 1. The zero-order chi connectivity index (χ0) is 20.5. The highest BCUT2D eigenvalue weighted by Crippen LogP contribution is 2.30. The third-order valence-electron chi connectivity index (χ3n) is 4.43. The van der Waals surface area contributed by atoms with Gasteiger partial charge in [0.2, 0.25) is 5.91 Å². The predicted molar refractivity (Wildman–Crippen MR) is 101 cm³/mol. The minimum Gasteiger partial charge on any atom is -0.325 e. The minimum absolute atomic E-state index is 0.0850. The molecule has 1 aliphatic heterocycles. The fraction of sp³-hybridized carbons (Fsp3) is 0.0526. The number of H-pyrrole nitrogens is 1. The number of nitro groups is 1. The topological polar surface area (TPSA) is 138 Å². The van der Waals surface area contributed by atoms with Crippen molar-refractivity contribution in [1.29, 1.82) is 0 Å². The van der Waals surface area contributed by atoms with Crippen molar-refractivity contribution in [1.82, 2.24) is 15.1 Å². The third-order valence-corrected chi connectivity index (χ3v) is 4.43. The average molecular weight is 391 g/mol. The number of hydrogen-bond acceptors (Lipinski definition) is 6. The average Bonchev–Trinajstić information content (AvgIpc) is 3.32. The maximum atomic E-state index is 12.5. The number of benzene rings is 2. The molecule has 10 nitrogen and oxygen atoms in total. The lowest BCUT2D eigenvalue weighted by molar-refractivity contribution is -0.385. The summed E-state index contributed by atoms with van der Waals surface area (Å²) >= 11 is 0. The van der Waals surface area contributed by atoms with Gasteiger partial charge in [-0.25, -0.2) is 0 Å². The second kappa shape index (κ2) is 7.00. The van der Waals surface area contributed by atoms with E-state index in [-0.39, 0.29) is 11.1 Å². The SMILES string of the molecule is O=C(CN1C(=O)c2cccc([N+](=O)[O-])c2C1=O)Nc1cccc(-c2ccn[nH]2)c1. The summed E-state index contributed by atoms with van der Waals surface area (Å²) in [6.45, 7) is -0.558. The molecule has 0 saturated heterocycles. The Labute approximate surface area is 163 Å². The van der Waals surface area contributed by atoms with Gasteiger partial charge in [0.15, 0.2) is 0 Å². The number of carbonyl (C=O) groups excluding carboxylic acids is 3. The highest BCUT2D eigenvalue weighted by molar-refractivity contribution is 6.24. The highest BCUT2D eigenvalue weighted by atomic mass is 16.6. The summed E-state index contributed by atoms with van der Waals surface area (Å²) in [7, 11) is 0. The highest BCUT2D eigenvalue weighted by Gasteiger charge is 2.41. The summed E-state index contributed by atoms with van der Waals surface area (Å²) in [5.74, 6) is -2.21. The van der Waals surface area contributed by atoms with Gasteiger partial charge in [-0.2, -0.15) is 5.10 Å². The predicted octanol–water partition coefficient (Wildman–Crippen LogP) is 2.22. The van der Waals surface area contributed by atoms with Gasteiger partial charge in [-0.1, -0.05) is 18.2 Å². The molecule has 1 aliphatic rings. The first-order valence-corrected chi connectivity index (χ1v) is 8.49. The van der Waals surface area contributed by atoms with E-state index in [2.05, 4.69) is 15.5 Å². The molecular formula is C19H13N5O5. The maximum Gasteiger partial charge on any atom is 0.282 e. The van der Waals surface area contributed by atoms with Crippen LogP contribution in [-0.4, -0.2) is 44.3 Å². The Kier molecular flexibility index (Phi) is 4.36. The van der Waals surface area contributed by atoms with E-state index in [0.717, 1.165) is 17.3 Å². The van der Waals surface area contributed by atoms with Crippen molar-refractivity contribution < 1.29 is 19.3 Å². The quantitative estimate of drug-likeness (QED) is 0.388. The molecule has 2 heterocycles. The summed E-state index contributed by atoms with van der Waals surface area (Å²) in [4.78, 5) is 48.5. The Morgan fingerprint density at radius 3 is 2.66 bits per heavy atom. The largest absolute Gasteiger partial charge is 0.325 e. The molecule has 144 valence electrons. The van der Waals surface area contributed by atoms with Crippen molar-refractivity contribution in [2.75, 3.05) is 11.9 Å². The molecule has 0 aliphatic carbocycles. The molecule has 2 N–H and O–H groups in total. The van der Waals surface area contributed by atoms with E-state index in [1.54, 1.807) is 30.5 Å². The molecule has 0 saturated carbocycles. The lowest BCUT2D eigenvalue weighted by atomic mass is 10.1. The first-order valence-electron chi connectivity index (χ1n) is 8.49. The molecular weight excluding hydrogens is 378 g/mol. The van der Waals surface area contributed by atoms with Gasteiger partial charge in [-0.15, -0.1) is 0 Å². The van der Waals surface area contributed by atoms with Gasteiger partial charge < -0.3 is 5.32 Å². The number of aromatic nitrogens is 2. The van der Waals surface area contributed by atoms with Crippen LogP contribution in [0, 0.1) is 10.1 Å². The number of fused-ring (bicyclic) bond motifs is 1. The maximum absolute atomic E-state index is 12.5. The Morgan fingerprint density at radius 1 is 1.14 bits per heavy atom. The first kappa shape index (κ1) is 18.0. The molecule has 0 bridgehead atoms. The number of carbonyl (C=O) groups is 3.